The molecule has 7 heteroatoms. The fraction of sp³-hybridized carbons (Fsp3) is 0.625. The average molecular weight is 321 g/mol. The molecule has 0 spiro atoms. The summed E-state index contributed by atoms with van der Waals surface area (Å²) in [5.41, 5.74) is 0.923. The van der Waals surface area contributed by atoms with Crippen molar-refractivity contribution >= 4 is 11.8 Å². The minimum absolute atomic E-state index is 0.0616. The van der Waals surface area contributed by atoms with Gasteiger partial charge in [-0.15, -0.1) is 0 Å². The SMILES string of the molecule is O=C(NCc1ccoc1)[C@H]1CC(=O)N(CCN2CCOCC2)C1. The Balaban J connectivity index is 1.42. The Hall–Kier alpha value is -1.86. The van der Waals surface area contributed by atoms with Gasteiger partial charge in [-0.25, -0.2) is 0 Å². The van der Waals surface area contributed by atoms with Gasteiger partial charge in [-0.3, -0.25) is 14.5 Å². The standard InChI is InChI=1S/C16H23N3O4/c20-15-9-14(16(21)17-10-13-1-6-23-12-13)11-19(15)3-2-18-4-7-22-8-5-18/h1,6,12,14H,2-5,7-11H2,(H,17,21)/t14-/m0/s1. The zero-order chi connectivity index (χ0) is 16.1. The second-order valence-electron chi connectivity index (χ2n) is 6.04. The highest BCUT2D eigenvalue weighted by Crippen LogP contribution is 2.18. The molecule has 2 amide bonds. The van der Waals surface area contributed by atoms with Gasteiger partial charge >= 0.3 is 0 Å². The lowest BCUT2D eigenvalue weighted by atomic mass is 10.1. The van der Waals surface area contributed by atoms with E-state index in [1.165, 1.54) is 0 Å². The van der Waals surface area contributed by atoms with Crippen LogP contribution in [0.1, 0.15) is 12.0 Å². The highest BCUT2D eigenvalue weighted by molar-refractivity contribution is 5.89. The molecule has 0 saturated carbocycles. The van der Waals surface area contributed by atoms with Crippen LogP contribution in [0.4, 0.5) is 0 Å². The van der Waals surface area contributed by atoms with Gasteiger partial charge in [0.2, 0.25) is 11.8 Å². The Labute approximate surface area is 135 Å². The quantitative estimate of drug-likeness (QED) is 0.803. The monoisotopic (exact) mass is 321 g/mol. The molecule has 0 aromatic carbocycles. The molecule has 2 aliphatic heterocycles. The van der Waals surface area contributed by atoms with Gasteiger partial charge in [0.15, 0.2) is 0 Å². The van der Waals surface area contributed by atoms with Crippen molar-refractivity contribution in [3.05, 3.63) is 24.2 Å². The smallest absolute Gasteiger partial charge is 0.225 e. The molecule has 3 heterocycles. The molecule has 23 heavy (non-hydrogen) atoms. The van der Waals surface area contributed by atoms with Crippen molar-refractivity contribution in [2.45, 2.75) is 13.0 Å². The van der Waals surface area contributed by atoms with Crippen LogP contribution < -0.4 is 5.32 Å². The maximum Gasteiger partial charge on any atom is 0.225 e. The van der Waals surface area contributed by atoms with E-state index in [2.05, 4.69) is 10.2 Å². The van der Waals surface area contributed by atoms with Crippen LogP contribution in [-0.4, -0.2) is 67.6 Å². The van der Waals surface area contributed by atoms with Gasteiger partial charge in [0, 0.05) is 51.3 Å². The Kier molecular flexibility index (Phi) is 5.30. The summed E-state index contributed by atoms with van der Waals surface area (Å²) < 4.78 is 10.3. The van der Waals surface area contributed by atoms with E-state index >= 15 is 0 Å². The van der Waals surface area contributed by atoms with Crippen molar-refractivity contribution in [1.29, 1.82) is 0 Å². The number of hydrogen-bond acceptors (Lipinski definition) is 5. The van der Waals surface area contributed by atoms with Crippen LogP contribution in [0.3, 0.4) is 0 Å². The van der Waals surface area contributed by atoms with Gasteiger partial charge in [0.25, 0.3) is 0 Å². The Bertz CT molecular complexity index is 525. The summed E-state index contributed by atoms with van der Waals surface area (Å²) in [5.74, 6) is -0.241. The van der Waals surface area contributed by atoms with E-state index in [-0.39, 0.29) is 17.7 Å². The largest absolute Gasteiger partial charge is 0.472 e. The highest BCUT2D eigenvalue weighted by Gasteiger charge is 2.34. The number of rotatable bonds is 6. The second kappa shape index (κ2) is 7.61. The molecule has 1 aromatic heterocycles. The summed E-state index contributed by atoms with van der Waals surface area (Å²) in [6.45, 7) is 5.82. The maximum atomic E-state index is 12.2. The van der Waals surface area contributed by atoms with E-state index in [1.54, 1.807) is 17.4 Å². The van der Waals surface area contributed by atoms with Crippen LogP contribution in [0.15, 0.2) is 23.0 Å². The van der Waals surface area contributed by atoms with Crippen molar-refractivity contribution in [3.63, 3.8) is 0 Å². The number of ether oxygens (including phenoxy) is 1. The molecule has 1 N–H and O–H groups in total. The molecular weight excluding hydrogens is 298 g/mol. The van der Waals surface area contributed by atoms with Crippen LogP contribution >= 0.6 is 0 Å². The maximum absolute atomic E-state index is 12.2. The van der Waals surface area contributed by atoms with Crippen molar-refractivity contribution in [1.82, 2.24) is 15.1 Å². The van der Waals surface area contributed by atoms with E-state index in [9.17, 15) is 9.59 Å². The molecule has 0 bridgehead atoms. The number of furan rings is 1. The van der Waals surface area contributed by atoms with Crippen LogP contribution in [0, 0.1) is 5.92 Å². The van der Waals surface area contributed by atoms with Gasteiger partial charge in [0.1, 0.15) is 0 Å². The van der Waals surface area contributed by atoms with Crippen molar-refractivity contribution in [2.24, 2.45) is 5.92 Å². The van der Waals surface area contributed by atoms with E-state index in [0.717, 1.165) is 38.4 Å². The molecule has 1 atom stereocenters. The van der Waals surface area contributed by atoms with Gasteiger partial charge in [-0.2, -0.15) is 0 Å². The molecule has 2 aliphatic rings. The van der Waals surface area contributed by atoms with E-state index < -0.39 is 0 Å². The minimum Gasteiger partial charge on any atom is -0.472 e. The third-order valence-electron chi connectivity index (χ3n) is 4.42. The predicted molar refractivity (Wildman–Crippen MR) is 82.5 cm³/mol. The number of amides is 2. The lowest BCUT2D eigenvalue weighted by Crippen LogP contribution is -2.42. The molecule has 0 unspecified atom stereocenters. The Morgan fingerprint density at radius 2 is 2.13 bits per heavy atom. The first kappa shape index (κ1) is 16.0. The lowest BCUT2D eigenvalue weighted by Gasteiger charge is -2.28. The number of likely N-dealkylation sites (tertiary alicyclic amines) is 1. The minimum atomic E-state index is -0.251. The van der Waals surface area contributed by atoms with Gasteiger partial charge in [-0.1, -0.05) is 0 Å². The summed E-state index contributed by atoms with van der Waals surface area (Å²) in [6, 6.07) is 1.81. The first-order valence-electron chi connectivity index (χ1n) is 8.09. The molecule has 1 aromatic rings. The molecule has 2 fully saturated rings. The predicted octanol–water partition coefficient (Wildman–Crippen LogP) is 0.0765. The van der Waals surface area contributed by atoms with Crippen molar-refractivity contribution < 1.29 is 18.7 Å². The second-order valence-corrected chi connectivity index (χ2v) is 6.04. The first-order chi connectivity index (χ1) is 11.2. The highest BCUT2D eigenvalue weighted by atomic mass is 16.5. The number of nitrogens with zero attached hydrogens (tertiary/aromatic N) is 2. The summed E-state index contributed by atoms with van der Waals surface area (Å²) in [6.07, 6.45) is 3.49. The first-order valence-corrected chi connectivity index (χ1v) is 8.09. The van der Waals surface area contributed by atoms with Crippen molar-refractivity contribution in [3.8, 4) is 0 Å². The van der Waals surface area contributed by atoms with Crippen LogP contribution in [0.5, 0.6) is 0 Å². The third-order valence-corrected chi connectivity index (χ3v) is 4.42. The normalized spacial score (nSPS) is 22.5. The molecule has 7 nitrogen and oxygen atoms in total. The lowest BCUT2D eigenvalue weighted by molar-refractivity contribution is -0.129. The summed E-state index contributed by atoms with van der Waals surface area (Å²) in [5, 5.41) is 2.87. The Morgan fingerprint density at radius 1 is 1.30 bits per heavy atom. The summed E-state index contributed by atoms with van der Waals surface area (Å²) >= 11 is 0. The number of nitrogens with one attached hydrogen (secondary N) is 1. The third kappa shape index (κ3) is 4.33. The van der Waals surface area contributed by atoms with Crippen LogP contribution in [-0.2, 0) is 20.9 Å². The number of hydrogen-bond donors (Lipinski definition) is 1. The molecule has 0 aliphatic carbocycles. The number of carbonyl (C=O) groups excluding carboxylic acids is 2. The van der Waals surface area contributed by atoms with Gasteiger partial charge in [-0.05, 0) is 6.07 Å². The summed E-state index contributed by atoms with van der Waals surface area (Å²) in [4.78, 5) is 28.4. The van der Waals surface area contributed by atoms with Crippen LogP contribution in [0.25, 0.3) is 0 Å². The van der Waals surface area contributed by atoms with E-state index in [1.807, 2.05) is 6.07 Å². The topological polar surface area (TPSA) is 75.0 Å². The number of morpholine rings is 1. The Morgan fingerprint density at radius 3 is 2.87 bits per heavy atom. The molecular formula is C16H23N3O4. The fourth-order valence-electron chi connectivity index (χ4n) is 2.98. The van der Waals surface area contributed by atoms with Gasteiger partial charge < -0.3 is 19.4 Å². The molecule has 3 rings (SSSR count). The summed E-state index contributed by atoms with van der Waals surface area (Å²) in [7, 11) is 0. The zero-order valence-electron chi connectivity index (χ0n) is 13.2. The molecule has 126 valence electrons. The van der Waals surface area contributed by atoms with Crippen LogP contribution in [0.2, 0.25) is 0 Å². The number of carbonyl (C=O) groups is 2. The molecule has 2 saturated heterocycles. The van der Waals surface area contributed by atoms with E-state index in [4.69, 9.17) is 9.15 Å². The van der Waals surface area contributed by atoms with E-state index in [0.29, 0.717) is 26.1 Å². The van der Waals surface area contributed by atoms with Crippen molar-refractivity contribution in [2.75, 3.05) is 45.9 Å². The fourth-order valence-corrected chi connectivity index (χ4v) is 2.98. The van der Waals surface area contributed by atoms with Gasteiger partial charge in [0.05, 0.1) is 31.7 Å². The molecule has 0 radical (unpaired) electrons. The zero-order valence-corrected chi connectivity index (χ0v) is 13.2. The average Bonchev–Trinajstić information content (AvgIpc) is 3.21.